The number of Topliss-reactive ketones (excluding diaryl/α,β-unsaturated/α-hetero) is 1. The molecule has 0 amide bonds. The van der Waals surface area contributed by atoms with Gasteiger partial charge in [0, 0.05) is 69.3 Å². The lowest BCUT2D eigenvalue weighted by Gasteiger charge is -2.25. The molecule has 2 saturated heterocycles. The molecular weight excluding hydrogens is 927 g/mol. The first-order chi connectivity index (χ1) is 33.6. The van der Waals surface area contributed by atoms with Crippen LogP contribution in [0, 0.1) is 5.41 Å². The smallest absolute Gasteiger partial charge is 0.306 e. The molecular formula is C56H108O12P2. The van der Waals surface area contributed by atoms with E-state index in [1.165, 1.54) is 167 Å². The van der Waals surface area contributed by atoms with Gasteiger partial charge in [0.1, 0.15) is 12.4 Å². The third-order valence-electron chi connectivity index (χ3n) is 13.0. The van der Waals surface area contributed by atoms with E-state index in [0.717, 1.165) is 38.5 Å². The minimum atomic E-state index is -0.799. The molecule has 2 N–H and O–H groups in total. The van der Waals surface area contributed by atoms with Gasteiger partial charge < -0.3 is 33.5 Å². The van der Waals surface area contributed by atoms with Crippen molar-refractivity contribution in [3.8, 4) is 0 Å². The van der Waals surface area contributed by atoms with Crippen molar-refractivity contribution in [2.24, 2.45) is 5.41 Å². The van der Waals surface area contributed by atoms with E-state index in [1.807, 2.05) is 20.8 Å². The number of hydrogen-bond acceptors (Lipinski definition) is 11. The van der Waals surface area contributed by atoms with Crippen LogP contribution in [0.15, 0.2) is 0 Å². The molecule has 0 bridgehead atoms. The average Bonchev–Trinajstić information content (AvgIpc) is 3.90. The van der Waals surface area contributed by atoms with E-state index in [-0.39, 0.29) is 49.8 Å². The van der Waals surface area contributed by atoms with Crippen LogP contribution in [0.25, 0.3) is 0 Å². The lowest BCUT2D eigenvalue weighted by molar-refractivity contribution is -0.165. The summed E-state index contributed by atoms with van der Waals surface area (Å²) in [5, 5.41) is 17.3. The monoisotopic (exact) mass is 1030 g/mol. The van der Waals surface area contributed by atoms with Crippen LogP contribution in [0.5, 0.6) is 0 Å². The second-order valence-electron chi connectivity index (χ2n) is 21.0. The fraction of sp³-hybridized carbons (Fsp3) is 0.911. The second-order valence-corrected chi connectivity index (χ2v) is 21.6. The summed E-state index contributed by atoms with van der Waals surface area (Å²) in [6.45, 7) is 13.2. The summed E-state index contributed by atoms with van der Waals surface area (Å²) in [5.41, 5.74) is -1.72. The van der Waals surface area contributed by atoms with Crippen LogP contribution in [0.4, 0.5) is 0 Å². The van der Waals surface area contributed by atoms with Crippen LogP contribution in [0.3, 0.4) is 0 Å². The van der Waals surface area contributed by atoms with E-state index >= 15 is 0 Å². The number of carbonyl (C=O) groups excluding carboxylic acids is 4. The first-order valence-electron chi connectivity index (χ1n) is 28.2. The van der Waals surface area contributed by atoms with Crippen molar-refractivity contribution in [2.75, 3.05) is 26.4 Å². The Labute approximate surface area is 433 Å². The van der Waals surface area contributed by atoms with E-state index in [0.29, 0.717) is 44.3 Å². The van der Waals surface area contributed by atoms with Gasteiger partial charge in [-0.3, -0.25) is 24.0 Å². The number of cyclic esters (lactones) is 2. The number of hydrogen-bond donors (Lipinski definition) is 2. The van der Waals surface area contributed by atoms with E-state index in [1.54, 1.807) is 0 Å². The van der Waals surface area contributed by atoms with Gasteiger partial charge in [-0.05, 0) is 19.3 Å². The predicted molar refractivity (Wildman–Crippen MR) is 292 cm³/mol. The maximum atomic E-state index is 11.8. The minimum Gasteiger partial charge on any atom is -0.481 e. The Hall–Kier alpha value is -1.71. The van der Waals surface area contributed by atoms with Crippen LogP contribution >= 0.6 is 18.9 Å². The summed E-state index contributed by atoms with van der Waals surface area (Å²) >= 11 is 0. The highest BCUT2D eigenvalue weighted by molar-refractivity contribution is 7.10. The van der Waals surface area contributed by atoms with Crippen LogP contribution in [-0.2, 0) is 47.2 Å². The van der Waals surface area contributed by atoms with Crippen molar-refractivity contribution in [3.63, 3.8) is 0 Å². The molecule has 2 fully saturated rings. The van der Waals surface area contributed by atoms with Crippen molar-refractivity contribution in [1.82, 2.24) is 0 Å². The zero-order valence-corrected chi connectivity index (χ0v) is 48.1. The van der Waals surface area contributed by atoms with Crippen molar-refractivity contribution in [1.29, 1.82) is 0 Å². The maximum absolute atomic E-state index is 11.8. The van der Waals surface area contributed by atoms with Crippen LogP contribution in [0.1, 0.15) is 286 Å². The van der Waals surface area contributed by atoms with E-state index in [2.05, 4.69) is 39.7 Å². The number of aliphatic hydroxyl groups is 1. The third-order valence-corrected chi connectivity index (χ3v) is 13.4. The average molecular weight is 1040 g/mol. The lowest BCUT2D eigenvalue weighted by atomic mass is 9.88. The highest BCUT2D eigenvalue weighted by Gasteiger charge is 2.42. The van der Waals surface area contributed by atoms with Gasteiger partial charge in [0.2, 0.25) is 0 Å². The fourth-order valence-electron chi connectivity index (χ4n) is 8.28. The van der Waals surface area contributed by atoms with Crippen LogP contribution in [0.2, 0.25) is 0 Å². The summed E-state index contributed by atoms with van der Waals surface area (Å²) in [7, 11) is 4.21. The van der Waals surface area contributed by atoms with Crippen molar-refractivity contribution >= 4 is 48.6 Å². The molecule has 0 aromatic rings. The molecule has 0 aromatic heterocycles. The van der Waals surface area contributed by atoms with E-state index in [4.69, 9.17) is 33.5 Å². The van der Waals surface area contributed by atoms with E-state index in [9.17, 15) is 24.0 Å². The largest absolute Gasteiger partial charge is 0.481 e. The summed E-state index contributed by atoms with van der Waals surface area (Å²) in [5.74, 6) is -0.976. The number of unbranched alkanes of at least 4 members (excludes halogenated alkanes) is 28. The number of aliphatic hydroxyl groups excluding tert-OH is 1. The molecule has 2 aliphatic heterocycles. The minimum absolute atomic E-state index is 0.0867. The number of ether oxygens (including phenoxy) is 3. The molecule has 70 heavy (non-hydrogen) atoms. The predicted octanol–water partition coefficient (Wildman–Crippen LogP) is 15.3. The molecule has 0 aromatic carbocycles. The Balaban J connectivity index is 0. The highest BCUT2D eigenvalue weighted by Crippen LogP contribution is 2.29. The molecule has 2 aliphatic rings. The molecule has 0 saturated carbocycles. The molecule has 4 atom stereocenters. The zero-order chi connectivity index (χ0) is 52.6. The Morgan fingerprint density at radius 1 is 0.500 bits per heavy atom. The van der Waals surface area contributed by atoms with Crippen LogP contribution < -0.4 is 0 Å². The number of rotatable bonds is 41. The van der Waals surface area contributed by atoms with Gasteiger partial charge in [0.15, 0.2) is 11.2 Å². The number of carbonyl (C=O) groups is 5. The molecule has 0 spiro atoms. The second kappa shape index (κ2) is 48.2. The summed E-state index contributed by atoms with van der Waals surface area (Å²) in [4.78, 5) is 55.8. The summed E-state index contributed by atoms with van der Waals surface area (Å²) in [6.07, 6.45) is 43.2. The molecule has 14 heteroatoms. The van der Waals surface area contributed by atoms with Crippen LogP contribution in [-0.4, -0.2) is 77.5 Å². The number of carboxylic acids is 1. The Kier molecular flexibility index (Phi) is 48.5. The molecule has 0 aliphatic carbocycles. The number of esters is 3. The van der Waals surface area contributed by atoms with Gasteiger partial charge in [-0.25, -0.2) is 0 Å². The standard InChI is InChI=1S/C20H40O.C18H33O5P.C12H24O2.C6H11O4P/c1-5-6-7-8-9-10-11-12-13-14-15-16-17-18-19(21)20(2,3)4;1-2-3-4-5-6-7-8-9-10-11-16(19)21-14-18(15-22-24)13-12-17(20)23-18;1-2-3-4-5-6-7-8-9-10-11-12(13)14;7-3-6(4-9-11)2-1-5(8)10-6/h5-18H2,1-4H3;2-15,24H2,1H3;2-11H2,1H3,(H,13,14);7H,1-4,11H2. The van der Waals surface area contributed by atoms with Gasteiger partial charge >= 0.3 is 23.9 Å². The SMILES string of the molecule is CCCCCCCCCCCC(=O)O.CCCCCCCCCCCC(=O)OCC1(COP)CCC(=O)O1.CCCCCCCCCCCCCCCC(=O)C(C)(C)C.O=C1CCC(CO)(COP)O1. The number of carboxylic acid groups (broad SMARTS) is 1. The van der Waals surface area contributed by atoms with Gasteiger partial charge in [-0.15, -0.1) is 0 Å². The molecule has 414 valence electrons. The van der Waals surface area contributed by atoms with Gasteiger partial charge in [0.25, 0.3) is 0 Å². The highest BCUT2D eigenvalue weighted by atomic mass is 31.0. The fourth-order valence-corrected chi connectivity index (χ4v) is 8.89. The quantitative estimate of drug-likeness (QED) is 0.0257. The molecule has 4 unspecified atom stereocenters. The van der Waals surface area contributed by atoms with Gasteiger partial charge in [0.05, 0.1) is 19.8 Å². The lowest BCUT2D eigenvalue weighted by Crippen LogP contribution is -2.39. The number of aliphatic carboxylic acids is 1. The van der Waals surface area contributed by atoms with Gasteiger partial charge in [-0.1, -0.05) is 221 Å². The molecule has 2 heterocycles. The van der Waals surface area contributed by atoms with Crippen molar-refractivity contribution in [3.05, 3.63) is 0 Å². The molecule has 2 rings (SSSR count). The zero-order valence-electron chi connectivity index (χ0n) is 45.8. The summed E-state index contributed by atoms with van der Waals surface area (Å²) < 4.78 is 25.3. The van der Waals surface area contributed by atoms with E-state index < -0.39 is 17.2 Å². The Morgan fingerprint density at radius 3 is 1.11 bits per heavy atom. The Morgan fingerprint density at radius 2 is 0.814 bits per heavy atom. The maximum Gasteiger partial charge on any atom is 0.306 e. The normalized spacial score (nSPS) is 17.3. The van der Waals surface area contributed by atoms with Crippen molar-refractivity contribution in [2.45, 2.75) is 297 Å². The van der Waals surface area contributed by atoms with Crippen molar-refractivity contribution < 1.29 is 57.4 Å². The first kappa shape index (κ1) is 70.4. The third kappa shape index (κ3) is 43.8. The molecule has 0 radical (unpaired) electrons. The topological polar surface area (TPSA) is 172 Å². The number of ketones is 1. The Bertz CT molecular complexity index is 1280. The molecule has 12 nitrogen and oxygen atoms in total. The van der Waals surface area contributed by atoms with Gasteiger partial charge in [-0.2, -0.15) is 0 Å². The summed E-state index contributed by atoms with van der Waals surface area (Å²) in [6, 6.07) is 0. The first-order valence-corrected chi connectivity index (χ1v) is 29.1.